The van der Waals surface area contributed by atoms with Crippen LogP contribution < -0.4 is 4.90 Å². The predicted molar refractivity (Wildman–Crippen MR) is 97.7 cm³/mol. The van der Waals surface area contributed by atoms with Crippen LogP contribution in [-0.4, -0.2) is 45.3 Å². The Kier molecular flexibility index (Phi) is 4.19. The van der Waals surface area contributed by atoms with Crippen LogP contribution in [0.15, 0.2) is 49.1 Å². The van der Waals surface area contributed by atoms with Crippen molar-refractivity contribution in [3.8, 4) is 5.69 Å². The molecule has 6 nitrogen and oxygen atoms in total. The number of para-hydroxylation sites is 1. The van der Waals surface area contributed by atoms with Crippen LogP contribution in [0.2, 0.25) is 0 Å². The van der Waals surface area contributed by atoms with Crippen molar-refractivity contribution in [2.75, 3.05) is 25.5 Å². The van der Waals surface area contributed by atoms with E-state index in [9.17, 15) is 0 Å². The van der Waals surface area contributed by atoms with Crippen LogP contribution in [0, 0.1) is 0 Å². The molecule has 0 radical (unpaired) electrons. The molecule has 1 aliphatic heterocycles. The third-order valence-corrected chi connectivity index (χ3v) is 4.61. The Labute approximate surface area is 147 Å². The van der Waals surface area contributed by atoms with E-state index in [2.05, 4.69) is 57.3 Å². The normalized spacial score (nSPS) is 14.3. The summed E-state index contributed by atoms with van der Waals surface area (Å²) in [5.74, 6) is 1.02. The van der Waals surface area contributed by atoms with Crippen LogP contribution in [0.25, 0.3) is 5.69 Å². The maximum Gasteiger partial charge on any atom is 0.136 e. The summed E-state index contributed by atoms with van der Waals surface area (Å²) in [5.41, 5.74) is 4.64. The molecule has 0 atom stereocenters. The molecule has 0 saturated heterocycles. The third kappa shape index (κ3) is 3.25. The van der Waals surface area contributed by atoms with E-state index < -0.39 is 0 Å². The molecule has 25 heavy (non-hydrogen) atoms. The smallest absolute Gasteiger partial charge is 0.136 e. The number of nitrogens with zero attached hydrogens (tertiary/aromatic N) is 6. The number of aromatic nitrogens is 4. The van der Waals surface area contributed by atoms with Gasteiger partial charge in [-0.3, -0.25) is 0 Å². The number of hydrogen-bond acceptors (Lipinski definition) is 5. The van der Waals surface area contributed by atoms with Gasteiger partial charge in [-0.2, -0.15) is 5.10 Å². The quantitative estimate of drug-likeness (QED) is 0.733. The maximum atomic E-state index is 4.55. The zero-order valence-electron chi connectivity index (χ0n) is 14.6. The Morgan fingerprint density at radius 3 is 2.84 bits per heavy atom. The van der Waals surface area contributed by atoms with Gasteiger partial charge in [0.2, 0.25) is 0 Å². The molecule has 4 rings (SSSR count). The molecule has 6 heteroatoms. The molecular weight excluding hydrogens is 312 g/mol. The zero-order chi connectivity index (χ0) is 17.2. The predicted octanol–water partition coefficient (Wildman–Crippen LogP) is 2.29. The van der Waals surface area contributed by atoms with E-state index in [-0.39, 0.29) is 0 Å². The summed E-state index contributed by atoms with van der Waals surface area (Å²) in [7, 11) is 4.22. The van der Waals surface area contributed by atoms with Crippen molar-refractivity contribution >= 4 is 5.82 Å². The van der Waals surface area contributed by atoms with Gasteiger partial charge in [0.25, 0.3) is 0 Å². The van der Waals surface area contributed by atoms with Crippen LogP contribution in [0.3, 0.4) is 0 Å². The Morgan fingerprint density at radius 2 is 2.00 bits per heavy atom. The highest BCUT2D eigenvalue weighted by molar-refractivity contribution is 5.49. The number of hydrogen-bond donors (Lipinski definition) is 0. The molecule has 0 saturated carbocycles. The van der Waals surface area contributed by atoms with E-state index >= 15 is 0 Å². The van der Waals surface area contributed by atoms with Crippen molar-refractivity contribution in [1.29, 1.82) is 0 Å². The molecule has 3 aromatic rings. The molecule has 0 unspecified atom stereocenters. The lowest BCUT2D eigenvalue weighted by atomic mass is 10.1. The van der Waals surface area contributed by atoms with Gasteiger partial charge in [-0.15, -0.1) is 0 Å². The van der Waals surface area contributed by atoms with E-state index in [4.69, 9.17) is 0 Å². The van der Waals surface area contributed by atoms with Crippen molar-refractivity contribution in [1.82, 2.24) is 24.6 Å². The van der Waals surface area contributed by atoms with Crippen molar-refractivity contribution in [3.63, 3.8) is 0 Å². The van der Waals surface area contributed by atoms with Gasteiger partial charge in [0.15, 0.2) is 0 Å². The molecule has 0 fully saturated rings. The topological polar surface area (TPSA) is 50.1 Å². The van der Waals surface area contributed by atoms with Gasteiger partial charge in [-0.05, 0) is 19.2 Å². The molecule has 0 amide bonds. The standard InChI is InChI=1S/C19H22N6/c1-23-9-8-18-17(13-23)19(21-14-20-18)24(2)11-15-10-22-25(12-15)16-6-4-3-5-7-16/h3-7,10,12,14H,8-9,11,13H2,1-2H3. The van der Waals surface area contributed by atoms with Gasteiger partial charge in [-0.25, -0.2) is 14.6 Å². The molecule has 2 aromatic heterocycles. The summed E-state index contributed by atoms with van der Waals surface area (Å²) in [6, 6.07) is 10.2. The van der Waals surface area contributed by atoms with Gasteiger partial charge in [0.1, 0.15) is 12.1 Å². The first-order chi connectivity index (χ1) is 12.2. The summed E-state index contributed by atoms with van der Waals surface area (Å²) in [6.07, 6.45) is 6.67. The lowest BCUT2D eigenvalue weighted by molar-refractivity contribution is 0.309. The molecule has 0 spiro atoms. The van der Waals surface area contributed by atoms with Crippen LogP contribution in [0.1, 0.15) is 16.8 Å². The van der Waals surface area contributed by atoms with Crippen LogP contribution in [-0.2, 0) is 19.5 Å². The molecule has 1 aromatic carbocycles. The van der Waals surface area contributed by atoms with Crippen molar-refractivity contribution in [2.24, 2.45) is 0 Å². The number of anilines is 1. The van der Waals surface area contributed by atoms with Gasteiger partial charge >= 0.3 is 0 Å². The summed E-state index contributed by atoms with van der Waals surface area (Å²) in [6.45, 7) is 2.72. The van der Waals surface area contributed by atoms with Crippen molar-refractivity contribution < 1.29 is 0 Å². The van der Waals surface area contributed by atoms with Gasteiger partial charge < -0.3 is 9.80 Å². The number of fused-ring (bicyclic) bond motifs is 1. The molecule has 128 valence electrons. The molecular formula is C19H22N6. The lowest BCUT2D eigenvalue weighted by Gasteiger charge is -2.28. The summed E-state index contributed by atoms with van der Waals surface area (Å²) in [4.78, 5) is 13.5. The zero-order valence-corrected chi connectivity index (χ0v) is 14.6. The first kappa shape index (κ1) is 15.8. The molecule has 1 aliphatic rings. The SMILES string of the molecule is CN1CCc2ncnc(N(C)Cc3cnn(-c4ccccc4)c3)c2C1. The van der Waals surface area contributed by atoms with Crippen molar-refractivity contribution in [2.45, 2.75) is 19.5 Å². The summed E-state index contributed by atoms with van der Waals surface area (Å²) >= 11 is 0. The Balaban J connectivity index is 1.55. The second-order valence-corrected chi connectivity index (χ2v) is 6.60. The van der Waals surface area contributed by atoms with Crippen LogP contribution in [0.4, 0.5) is 5.82 Å². The van der Waals surface area contributed by atoms with E-state index in [0.717, 1.165) is 43.1 Å². The van der Waals surface area contributed by atoms with Crippen LogP contribution >= 0.6 is 0 Å². The minimum absolute atomic E-state index is 0.764. The highest BCUT2D eigenvalue weighted by atomic mass is 15.3. The molecule has 0 N–H and O–H groups in total. The van der Waals surface area contributed by atoms with Gasteiger partial charge in [-0.1, -0.05) is 18.2 Å². The van der Waals surface area contributed by atoms with E-state index in [1.54, 1.807) is 6.33 Å². The molecule has 0 aliphatic carbocycles. The first-order valence-corrected chi connectivity index (χ1v) is 8.52. The highest BCUT2D eigenvalue weighted by Crippen LogP contribution is 2.25. The monoisotopic (exact) mass is 334 g/mol. The summed E-state index contributed by atoms with van der Waals surface area (Å²) < 4.78 is 1.91. The largest absolute Gasteiger partial charge is 0.355 e. The third-order valence-electron chi connectivity index (χ3n) is 4.61. The number of rotatable bonds is 4. The first-order valence-electron chi connectivity index (χ1n) is 8.52. The second-order valence-electron chi connectivity index (χ2n) is 6.60. The minimum Gasteiger partial charge on any atom is -0.355 e. The molecule has 3 heterocycles. The van der Waals surface area contributed by atoms with E-state index in [0.29, 0.717) is 0 Å². The lowest BCUT2D eigenvalue weighted by Crippen LogP contribution is -2.30. The average Bonchev–Trinajstić information content (AvgIpc) is 3.10. The number of benzene rings is 1. The van der Waals surface area contributed by atoms with Crippen molar-refractivity contribution in [3.05, 3.63) is 65.9 Å². The highest BCUT2D eigenvalue weighted by Gasteiger charge is 2.20. The Morgan fingerprint density at radius 1 is 1.16 bits per heavy atom. The van der Waals surface area contributed by atoms with E-state index in [1.165, 1.54) is 11.3 Å². The van der Waals surface area contributed by atoms with Gasteiger partial charge in [0, 0.05) is 50.4 Å². The second kappa shape index (κ2) is 6.64. The van der Waals surface area contributed by atoms with Gasteiger partial charge in [0.05, 0.1) is 17.6 Å². The Hall–Kier alpha value is -2.73. The summed E-state index contributed by atoms with van der Waals surface area (Å²) in [5, 5.41) is 4.48. The Bertz CT molecular complexity index is 857. The fraction of sp³-hybridized carbons (Fsp3) is 0.316. The van der Waals surface area contributed by atoms with Crippen LogP contribution in [0.5, 0.6) is 0 Å². The average molecular weight is 334 g/mol. The maximum absolute atomic E-state index is 4.55. The molecule has 0 bridgehead atoms. The number of likely N-dealkylation sites (N-methyl/N-ethyl adjacent to an activating group) is 1. The van der Waals surface area contributed by atoms with E-state index in [1.807, 2.05) is 29.1 Å². The minimum atomic E-state index is 0.764. The fourth-order valence-electron chi connectivity index (χ4n) is 3.30. The fourth-order valence-corrected chi connectivity index (χ4v) is 3.30.